The first-order valence-corrected chi connectivity index (χ1v) is 6.64. The van der Waals surface area contributed by atoms with Crippen molar-refractivity contribution < 1.29 is 27.5 Å². The van der Waals surface area contributed by atoms with Crippen molar-refractivity contribution in [2.75, 3.05) is 25.2 Å². The van der Waals surface area contributed by atoms with Gasteiger partial charge in [0.2, 0.25) is 5.91 Å². The Labute approximate surface area is 113 Å². The molecule has 0 bridgehead atoms. The van der Waals surface area contributed by atoms with Gasteiger partial charge in [-0.05, 0) is 6.92 Å². The van der Waals surface area contributed by atoms with E-state index >= 15 is 0 Å². The highest BCUT2D eigenvalue weighted by atomic mass is 32.2. The third kappa shape index (κ3) is 4.15. The van der Waals surface area contributed by atoms with Crippen LogP contribution in [0.5, 0.6) is 0 Å². The van der Waals surface area contributed by atoms with Crippen molar-refractivity contribution in [1.82, 2.24) is 4.90 Å². The molecule has 4 nitrogen and oxygen atoms in total. The molecule has 108 valence electrons. The average Bonchev–Trinajstić information content (AvgIpc) is 2.36. The van der Waals surface area contributed by atoms with E-state index in [0.29, 0.717) is 17.6 Å². The average molecular weight is 297 g/mol. The zero-order valence-corrected chi connectivity index (χ0v) is 11.3. The summed E-state index contributed by atoms with van der Waals surface area (Å²) in [6, 6.07) is -0.825. The summed E-state index contributed by atoms with van der Waals surface area (Å²) in [5.74, 6) is -0.515. The maximum atomic E-state index is 12.4. The Morgan fingerprint density at radius 2 is 2.05 bits per heavy atom. The Morgan fingerprint density at radius 3 is 2.58 bits per heavy atom. The molecule has 1 unspecified atom stereocenters. The standard InChI is InChI=1S/C11H14F3NO3S/c1-7(11(12,13)14)5-9(16)15-3-4-19-6-8(15)10(17)18-2/h5,8H,3-4,6H2,1-2H3. The number of ether oxygens (including phenoxy) is 1. The number of amides is 1. The van der Waals surface area contributed by atoms with E-state index in [1.165, 1.54) is 18.9 Å². The van der Waals surface area contributed by atoms with E-state index in [4.69, 9.17) is 0 Å². The number of rotatable bonds is 2. The van der Waals surface area contributed by atoms with Crippen LogP contribution in [0, 0.1) is 0 Å². The van der Waals surface area contributed by atoms with Crippen LogP contribution in [0.15, 0.2) is 11.6 Å². The quantitative estimate of drug-likeness (QED) is 0.574. The fourth-order valence-corrected chi connectivity index (χ4v) is 2.58. The van der Waals surface area contributed by atoms with Gasteiger partial charge in [-0.3, -0.25) is 4.79 Å². The second kappa shape index (κ2) is 6.31. The Bertz CT molecular complexity index is 395. The first kappa shape index (κ1) is 15.9. The molecule has 0 aromatic heterocycles. The first-order chi connectivity index (χ1) is 8.77. The van der Waals surface area contributed by atoms with Crippen molar-refractivity contribution in [2.24, 2.45) is 0 Å². The molecule has 0 aromatic carbocycles. The Kier molecular flexibility index (Phi) is 5.28. The molecule has 19 heavy (non-hydrogen) atoms. The number of esters is 1. The van der Waals surface area contributed by atoms with Crippen molar-refractivity contribution in [3.8, 4) is 0 Å². The summed E-state index contributed by atoms with van der Waals surface area (Å²) in [6.45, 7) is 1.05. The maximum Gasteiger partial charge on any atom is 0.412 e. The fraction of sp³-hybridized carbons (Fsp3) is 0.636. The number of allylic oxidation sites excluding steroid dienone is 1. The number of carbonyl (C=O) groups excluding carboxylic acids is 2. The number of hydrogen-bond donors (Lipinski definition) is 0. The highest BCUT2D eigenvalue weighted by Crippen LogP contribution is 2.25. The lowest BCUT2D eigenvalue weighted by molar-refractivity contribution is -0.150. The van der Waals surface area contributed by atoms with Crippen molar-refractivity contribution in [3.05, 3.63) is 11.6 Å². The molecule has 0 saturated carbocycles. The van der Waals surface area contributed by atoms with Gasteiger partial charge in [0.15, 0.2) is 0 Å². The predicted octanol–water partition coefficient (Wildman–Crippen LogP) is 1.61. The van der Waals surface area contributed by atoms with Crippen molar-refractivity contribution in [1.29, 1.82) is 0 Å². The third-order valence-electron chi connectivity index (χ3n) is 2.67. The highest BCUT2D eigenvalue weighted by Gasteiger charge is 2.35. The van der Waals surface area contributed by atoms with Crippen LogP contribution in [-0.4, -0.2) is 54.2 Å². The Morgan fingerprint density at radius 1 is 1.42 bits per heavy atom. The van der Waals surface area contributed by atoms with E-state index in [9.17, 15) is 22.8 Å². The van der Waals surface area contributed by atoms with Crippen LogP contribution in [0.25, 0.3) is 0 Å². The normalized spacial score (nSPS) is 21.2. The Hall–Kier alpha value is -1.18. The molecule has 1 fully saturated rings. The molecule has 0 spiro atoms. The molecule has 0 aliphatic carbocycles. The number of methoxy groups -OCH3 is 1. The van der Waals surface area contributed by atoms with Gasteiger partial charge in [-0.1, -0.05) is 0 Å². The number of carbonyl (C=O) groups is 2. The van der Waals surface area contributed by atoms with E-state index in [-0.39, 0.29) is 6.54 Å². The summed E-state index contributed by atoms with van der Waals surface area (Å²) in [5, 5.41) is 0. The first-order valence-electron chi connectivity index (χ1n) is 5.49. The minimum atomic E-state index is -4.54. The number of nitrogens with zero attached hydrogens (tertiary/aromatic N) is 1. The molecule has 8 heteroatoms. The van der Waals surface area contributed by atoms with Gasteiger partial charge in [-0.15, -0.1) is 0 Å². The minimum Gasteiger partial charge on any atom is -0.467 e. The van der Waals surface area contributed by atoms with Gasteiger partial charge in [-0.25, -0.2) is 4.79 Å². The summed E-state index contributed by atoms with van der Waals surface area (Å²) in [6.07, 6.45) is -4.02. The predicted molar refractivity (Wildman–Crippen MR) is 64.7 cm³/mol. The van der Waals surface area contributed by atoms with Crippen LogP contribution < -0.4 is 0 Å². The van der Waals surface area contributed by atoms with E-state index < -0.39 is 29.7 Å². The highest BCUT2D eigenvalue weighted by molar-refractivity contribution is 7.99. The molecular formula is C11H14F3NO3S. The minimum absolute atomic E-state index is 0.227. The summed E-state index contributed by atoms with van der Waals surface area (Å²) in [4.78, 5) is 24.4. The SMILES string of the molecule is COC(=O)C1CSCCN1C(=O)C=C(C)C(F)(F)F. The maximum absolute atomic E-state index is 12.4. The van der Waals surface area contributed by atoms with Crippen molar-refractivity contribution in [3.63, 3.8) is 0 Å². The van der Waals surface area contributed by atoms with Gasteiger partial charge in [0.05, 0.1) is 7.11 Å². The monoisotopic (exact) mass is 297 g/mol. The van der Waals surface area contributed by atoms with Crippen molar-refractivity contribution in [2.45, 2.75) is 19.1 Å². The lowest BCUT2D eigenvalue weighted by atomic mass is 10.2. The molecular weight excluding hydrogens is 283 g/mol. The lowest BCUT2D eigenvalue weighted by Crippen LogP contribution is -2.50. The fourth-order valence-electron chi connectivity index (χ4n) is 1.55. The van der Waals surface area contributed by atoms with Gasteiger partial charge in [0, 0.05) is 29.7 Å². The molecule has 1 rings (SSSR count). The van der Waals surface area contributed by atoms with Gasteiger partial charge in [0.1, 0.15) is 6.04 Å². The van der Waals surface area contributed by atoms with Crippen LogP contribution in [0.4, 0.5) is 13.2 Å². The molecule has 0 aromatic rings. The lowest BCUT2D eigenvalue weighted by Gasteiger charge is -2.32. The van der Waals surface area contributed by atoms with Crippen LogP contribution in [0.2, 0.25) is 0 Å². The molecule has 0 radical (unpaired) electrons. The van der Waals surface area contributed by atoms with Crippen LogP contribution in [0.3, 0.4) is 0 Å². The topological polar surface area (TPSA) is 46.6 Å². The van der Waals surface area contributed by atoms with E-state index in [2.05, 4.69) is 4.74 Å². The second-order valence-electron chi connectivity index (χ2n) is 3.97. The van der Waals surface area contributed by atoms with E-state index in [0.717, 1.165) is 11.8 Å². The molecule has 1 heterocycles. The summed E-state index contributed by atoms with van der Waals surface area (Å²) < 4.78 is 41.6. The number of hydrogen-bond acceptors (Lipinski definition) is 4. The molecule has 1 aliphatic rings. The molecule has 1 saturated heterocycles. The van der Waals surface area contributed by atoms with Gasteiger partial charge < -0.3 is 9.64 Å². The third-order valence-corrected chi connectivity index (χ3v) is 3.69. The van der Waals surface area contributed by atoms with E-state index in [1.54, 1.807) is 0 Å². The van der Waals surface area contributed by atoms with Crippen molar-refractivity contribution >= 4 is 23.6 Å². The smallest absolute Gasteiger partial charge is 0.412 e. The van der Waals surface area contributed by atoms with Gasteiger partial charge in [0.25, 0.3) is 0 Å². The molecule has 1 amide bonds. The number of halogens is 3. The summed E-state index contributed by atoms with van der Waals surface area (Å²) in [5.41, 5.74) is -0.987. The second-order valence-corrected chi connectivity index (χ2v) is 5.12. The Balaban J connectivity index is 2.87. The number of thioether (sulfide) groups is 1. The zero-order chi connectivity index (χ0) is 14.6. The number of alkyl halides is 3. The van der Waals surface area contributed by atoms with Gasteiger partial charge >= 0.3 is 12.1 Å². The largest absolute Gasteiger partial charge is 0.467 e. The van der Waals surface area contributed by atoms with Gasteiger partial charge in [-0.2, -0.15) is 24.9 Å². The molecule has 0 N–H and O–H groups in total. The molecule has 1 atom stereocenters. The van der Waals surface area contributed by atoms with E-state index in [1.807, 2.05) is 0 Å². The zero-order valence-electron chi connectivity index (χ0n) is 10.5. The molecule has 1 aliphatic heterocycles. The summed E-state index contributed by atoms with van der Waals surface area (Å²) >= 11 is 1.45. The summed E-state index contributed by atoms with van der Waals surface area (Å²) in [7, 11) is 1.18. The van der Waals surface area contributed by atoms with Crippen LogP contribution in [0.1, 0.15) is 6.92 Å². The van der Waals surface area contributed by atoms with Crippen LogP contribution in [-0.2, 0) is 14.3 Å². The van der Waals surface area contributed by atoms with Crippen LogP contribution >= 0.6 is 11.8 Å².